The Bertz CT molecular complexity index is 427. The van der Waals surface area contributed by atoms with Gasteiger partial charge in [0.1, 0.15) is 18.8 Å². The molecular weight excluding hydrogens is 260 g/mol. The molecule has 0 aliphatic rings. The lowest BCUT2D eigenvalue weighted by atomic mass is 10.2. The van der Waals surface area contributed by atoms with Gasteiger partial charge in [-0.2, -0.15) is 0 Å². The van der Waals surface area contributed by atoms with E-state index in [1.165, 1.54) is 10.8 Å². The molecule has 0 bridgehead atoms. The van der Waals surface area contributed by atoms with Gasteiger partial charge in [0.15, 0.2) is 5.82 Å². The van der Waals surface area contributed by atoms with E-state index in [2.05, 4.69) is 23.7 Å². The molecule has 1 aromatic heterocycles. The van der Waals surface area contributed by atoms with Gasteiger partial charge < -0.3 is 20.1 Å². The molecule has 0 aromatic carbocycles. The maximum absolute atomic E-state index is 10.9. The maximum atomic E-state index is 10.9. The fraction of sp³-hybridized carbons (Fsp3) is 0.769. The number of aliphatic hydroxyl groups is 1. The monoisotopic (exact) mass is 284 g/mol. The maximum Gasteiger partial charge on any atom is 0.342 e. The molecule has 0 aliphatic heterocycles. The zero-order valence-corrected chi connectivity index (χ0v) is 12.4. The Morgan fingerprint density at radius 1 is 1.45 bits per heavy atom. The second-order valence-electron chi connectivity index (χ2n) is 4.99. The highest BCUT2D eigenvalue weighted by atomic mass is 16.6. The largest absolute Gasteiger partial charge is 0.388 e. The predicted octanol–water partition coefficient (Wildman–Crippen LogP) is 1.58. The van der Waals surface area contributed by atoms with Crippen LogP contribution >= 0.6 is 0 Å². The minimum Gasteiger partial charge on any atom is -0.388 e. The molecule has 114 valence electrons. The van der Waals surface area contributed by atoms with Crippen LogP contribution in [0.2, 0.25) is 0 Å². The Morgan fingerprint density at radius 3 is 2.55 bits per heavy atom. The summed E-state index contributed by atoms with van der Waals surface area (Å²) in [6.07, 6.45) is 2.64. The minimum atomic E-state index is -0.639. The van der Waals surface area contributed by atoms with Crippen molar-refractivity contribution in [3.8, 4) is 0 Å². The molecule has 1 N–H and O–H groups in total. The summed E-state index contributed by atoms with van der Waals surface area (Å²) < 4.78 is 1.46. The van der Waals surface area contributed by atoms with Crippen LogP contribution in [0, 0.1) is 17.0 Å². The fourth-order valence-electron chi connectivity index (χ4n) is 2.32. The van der Waals surface area contributed by atoms with Crippen molar-refractivity contribution in [1.29, 1.82) is 0 Å². The third kappa shape index (κ3) is 4.57. The van der Waals surface area contributed by atoms with Crippen LogP contribution in [0.3, 0.4) is 0 Å². The summed E-state index contributed by atoms with van der Waals surface area (Å²) >= 11 is 0. The standard InChI is InChI=1S/C13H24N4O3/c1-4-6-15(7-5-2)9-12(18)10-16-11(3)14-8-13(16)17(19)20/h8,12,18H,4-7,9-10H2,1-3H3. The predicted molar refractivity (Wildman–Crippen MR) is 76.6 cm³/mol. The van der Waals surface area contributed by atoms with Crippen LogP contribution in [-0.2, 0) is 6.54 Å². The summed E-state index contributed by atoms with van der Waals surface area (Å²) in [7, 11) is 0. The number of rotatable bonds is 9. The van der Waals surface area contributed by atoms with Crippen molar-refractivity contribution in [2.45, 2.75) is 46.3 Å². The van der Waals surface area contributed by atoms with Crippen LogP contribution in [0.15, 0.2) is 6.20 Å². The van der Waals surface area contributed by atoms with Crippen molar-refractivity contribution in [3.63, 3.8) is 0 Å². The van der Waals surface area contributed by atoms with Gasteiger partial charge >= 0.3 is 5.82 Å². The van der Waals surface area contributed by atoms with Crippen LogP contribution in [0.5, 0.6) is 0 Å². The molecule has 7 heteroatoms. The average molecular weight is 284 g/mol. The number of hydrogen-bond donors (Lipinski definition) is 1. The molecule has 0 spiro atoms. The fourth-order valence-corrected chi connectivity index (χ4v) is 2.32. The first kappa shape index (κ1) is 16.6. The Hall–Kier alpha value is -1.47. The Labute approximate surface area is 119 Å². The number of imidazole rings is 1. The molecule has 0 fully saturated rings. The molecule has 0 saturated carbocycles. The van der Waals surface area contributed by atoms with Gasteiger partial charge in [-0.05, 0) is 30.9 Å². The van der Waals surface area contributed by atoms with E-state index in [-0.39, 0.29) is 12.4 Å². The minimum absolute atomic E-state index is 0.0703. The number of hydrogen-bond acceptors (Lipinski definition) is 5. The smallest absolute Gasteiger partial charge is 0.342 e. The Balaban J connectivity index is 2.67. The number of aliphatic hydroxyl groups excluding tert-OH is 1. The van der Waals surface area contributed by atoms with Crippen molar-refractivity contribution in [2.75, 3.05) is 19.6 Å². The highest BCUT2D eigenvalue weighted by molar-refractivity contribution is 5.18. The third-order valence-electron chi connectivity index (χ3n) is 3.16. The molecule has 0 radical (unpaired) electrons. The summed E-state index contributed by atoms with van der Waals surface area (Å²) in [5.74, 6) is 0.479. The molecule has 1 unspecified atom stereocenters. The summed E-state index contributed by atoms with van der Waals surface area (Å²) in [5.41, 5.74) is 0. The highest BCUT2D eigenvalue weighted by Gasteiger charge is 2.21. The van der Waals surface area contributed by atoms with Crippen LogP contribution in [0.25, 0.3) is 0 Å². The highest BCUT2D eigenvalue weighted by Crippen LogP contribution is 2.14. The molecule has 7 nitrogen and oxygen atoms in total. The van der Waals surface area contributed by atoms with Crippen molar-refractivity contribution in [2.24, 2.45) is 0 Å². The molecule has 0 amide bonds. The second-order valence-corrected chi connectivity index (χ2v) is 4.99. The topological polar surface area (TPSA) is 84.4 Å². The first-order valence-corrected chi connectivity index (χ1v) is 7.06. The lowest BCUT2D eigenvalue weighted by Crippen LogP contribution is -2.36. The number of aryl methyl sites for hydroxylation is 1. The van der Waals surface area contributed by atoms with Crippen molar-refractivity contribution in [3.05, 3.63) is 22.1 Å². The van der Waals surface area contributed by atoms with Crippen LogP contribution in [0.1, 0.15) is 32.5 Å². The van der Waals surface area contributed by atoms with Crippen molar-refractivity contribution < 1.29 is 10.0 Å². The van der Waals surface area contributed by atoms with E-state index in [0.717, 1.165) is 25.9 Å². The second kappa shape index (κ2) is 7.96. The lowest BCUT2D eigenvalue weighted by molar-refractivity contribution is -0.392. The summed E-state index contributed by atoms with van der Waals surface area (Å²) in [6, 6.07) is 0. The molecule has 0 saturated heterocycles. The molecule has 1 atom stereocenters. The van der Waals surface area contributed by atoms with Gasteiger partial charge in [-0.3, -0.25) is 0 Å². The van der Waals surface area contributed by atoms with Crippen LogP contribution in [-0.4, -0.2) is 50.2 Å². The normalized spacial score (nSPS) is 12.8. The SMILES string of the molecule is CCCN(CCC)CC(O)Cn1c([N+](=O)[O-])cnc1C. The zero-order chi connectivity index (χ0) is 15.1. The van der Waals surface area contributed by atoms with Crippen molar-refractivity contribution in [1.82, 2.24) is 14.5 Å². The first-order valence-electron chi connectivity index (χ1n) is 7.06. The molecule has 1 aromatic rings. The third-order valence-corrected chi connectivity index (χ3v) is 3.16. The van der Waals surface area contributed by atoms with E-state index in [4.69, 9.17) is 0 Å². The number of nitrogens with zero attached hydrogens (tertiary/aromatic N) is 4. The summed E-state index contributed by atoms with van der Waals surface area (Å²) in [5, 5.41) is 21.1. The first-order chi connectivity index (χ1) is 9.49. The summed E-state index contributed by atoms with van der Waals surface area (Å²) in [4.78, 5) is 16.5. The number of nitro groups is 1. The molecule has 1 heterocycles. The van der Waals surface area contributed by atoms with E-state index in [9.17, 15) is 15.2 Å². The molecular formula is C13H24N4O3. The van der Waals surface area contributed by atoms with Gasteiger partial charge in [-0.15, -0.1) is 0 Å². The van der Waals surface area contributed by atoms with Crippen LogP contribution in [0.4, 0.5) is 5.82 Å². The van der Waals surface area contributed by atoms with Gasteiger partial charge in [-0.1, -0.05) is 13.8 Å². The van der Waals surface area contributed by atoms with E-state index >= 15 is 0 Å². The molecule has 0 aliphatic carbocycles. The summed E-state index contributed by atoms with van der Waals surface area (Å²) in [6.45, 7) is 8.48. The van der Waals surface area contributed by atoms with Crippen molar-refractivity contribution >= 4 is 5.82 Å². The molecule has 20 heavy (non-hydrogen) atoms. The quantitative estimate of drug-likeness (QED) is 0.550. The van der Waals surface area contributed by atoms with Gasteiger partial charge in [0.2, 0.25) is 0 Å². The van der Waals surface area contributed by atoms with E-state index in [0.29, 0.717) is 12.4 Å². The Morgan fingerprint density at radius 2 is 2.05 bits per heavy atom. The average Bonchev–Trinajstić information content (AvgIpc) is 2.71. The van der Waals surface area contributed by atoms with Gasteiger partial charge in [0, 0.05) is 13.5 Å². The lowest BCUT2D eigenvalue weighted by Gasteiger charge is -2.23. The van der Waals surface area contributed by atoms with E-state index in [1.54, 1.807) is 6.92 Å². The zero-order valence-electron chi connectivity index (χ0n) is 12.4. The van der Waals surface area contributed by atoms with Gasteiger partial charge in [-0.25, -0.2) is 9.55 Å². The van der Waals surface area contributed by atoms with E-state index in [1.807, 2.05) is 0 Å². The molecule has 1 rings (SSSR count). The van der Waals surface area contributed by atoms with Gasteiger partial charge in [0.25, 0.3) is 0 Å². The Kier molecular flexibility index (Phi) is 6.60. The van der Waals surface area contributed by atoms with E-state index < -0.39 is 11.0 Å². The van der Waals surface area contributed by atoms with Gasteiger partial charge in [0.05, 0.1) is 0 Å². The van der Waals surface area contributed by atoms with Crippen LogP contribution < -0.4 is 0 Å². The number of aromatic nitrogens is 2.